The zero-order valence-corrected chi connectivity index (χ0v) is 13.9. The molecule has 0 aliphatic heterocycles. The molecule has 2 aromatic rings. The summed E-state index contributed by atoms with van der Waals surface area (Å²) in [4.78, 5) is 11.7. The fraction of sp³-hybridized carbons (Fsp3) is 0.438. The van der Waals surface area contributed by atoms with Crippen molar-refractivity contribution in [1.82, 2.24) is 20.1 Å². The van der Waals surface area contributed by atoms with Gasteiger partial charge in [-0.2, -0.15) is 0 Å². The molecule has 0 spiro atoms. The van der Waals surface area contributed by atoms with Gasteiger partial charge in [-0.25, -0.2) is 0 Å². The van der Waals surface area contributed by atoms with Crippen LogP contribution in [0.5, 0.6) is 0 Å². The van der Waals surface area contributed by atoms with Crippen LogP contribution >= 0.6 is 11.8 Å². The number of amides is 1. The first-order chi connectivity index (χ1) is 10.7. The van der Waals surface area contributed by atoms with E-state index in [1.165, 1.54) is 17.3 Å². The molecule has 1 N–H and O–H groups in total. The van der Waals surface area contributed by atoms with Crippen molar-refractivity contribution in [2.24, 2.45) is 7.05 Å². The lowest BCUT2D eigenvalue weighted by Crippen LogP contribution is -2.26. The molecule has 0 radical (unpaired) electrons. The zero-order valence-electron chi connectivity index (χ0n) is 13.1. The lowest BCUT2D eigenvalue weighted by atomic mass is 10.1. The van der Waals surface area contributed by atoms with E-state index >= 15 is 0 Å². The zero-order chi connectivity index (χ0) is 15.8. The fourth-order valence-corrected chi connectivity index (χ4v) is 2.75. The van der Waals surface area contributed by atoms with Gasteiger partial charge in [0, 0.05) is 20.0 Å². The Labute approximate surface area is 135 Å². The first kappa shape index (κ1) is 16.5. The predicted molar refractivity (Wildman–Crippen MR) is 88.9 cm³/mol. The van der Waals surface area contributed by atoms with Crippen LogP contribution in [-0.2, 0) is 18.3 Å². The van der Waals surface area contributed by atoms with Gasteiger partial charge >= 0.3 is 0 Å². The van der Waals surface area contributed by atoms with Gasteiger partial charge in [-0.15, -0.1) is 10.2 Å². The minimum atomic E-state index is 0.0473. The number of hydrogen-bond donors (Lipinski definition) is 1. The highest BCUT2D eigenvalue weighted by molar-refractivity contribution is 7.99. The maximum Gasteiger partial charge on any atom is 0.230 e. The predicted octanol–water partition coefficient (Wildman–Crippen LogP) is 2.41. The lowest BCUT2D eigenvalue weighted by molar-refractivity contribution is -0.118. The van der Waals surface area contributed by atoms with Crippen LogP contribution in [0.25, 0.3) is 0 Å². The van der Waals surface area contributed by atoms with Gasteiger partial charge in [0.1, 0.15) is 5.82 Å². The van der Waals surface area contributed by atoms with Crippen LogP contribution in [0.15, 0.2) is 35.5 Å². The second kappa shape index (κ2) is 8.58. The van der Waals surface area contributed by atoms with Gasteiger partial charge < -0.3 is 9.88 Å². The van der Waals surface area contributed by atoms with E-state index in [2.05, 4.69) is 34.6 Å². The summed E-state index contributed by atoms with van der Waals surface area (Å²) in [6, 6.07) is 10.2. The van der Waals surface area contributed by atoms with Crippen LogP contribution in [0.3, 0.4) is 0 Å². The number of hydrogen-bond acceptors (Lipinski definition) is 4. The average Bonchev–Trinajstić information content (AvgIpc) is 2.87. The first-order valence-electron chi connectivity index (χ1n) is 7.52. The molecule has 2 rings (SSSR count). The van der Waals surface area contributed by atoms with Crippen molar-refractivity contribution in [2.45, 2.75) is 31.3 Å². The van der Waals surface area contributed by atoms with Crippen LogP contribution in [0.1, 0.15) is 31.2 Å². The standard InChI is InChI=1S/C16H22N4OS/c1-3-4-10-17-15(21)12-22-16-19-18-14(20(16)2)11-13-8-6-5-7-9-13/h5-9H,3-4,10-12H2,1-2H3,(H,17,21). The number of nitrogens with zero attached hydrogens (tertiary/aromatic N) is 3. The number of rotatable bonds is 8. The van der Waals surface area contributed by atoms with E-state index in [1.54, 1.807) is 0 Å². The third-order valence-corrected chi connectivity index (χ3v) is 4.34. The van der Waals surface area contributed by atoms with Gasteiger partial charge in [0.05, 0.1) is 5.75 Å². The van der Waals surface area contributed by atoms with Crippen molar-refractivity contribution in [3.63, 3.8) is 0 Å². The summed E-state index contributed by atoms with van der Waals surface area (Å²) in [5.74, 6) is 1.33. The van der Waals surface area contributed by atoms with Crippen molar-refractivity contribution in [1.29, 1.82) is 0 Å². The number of aromatic nitrogens is 3. The quantitative estimate of drug-likeness (QED) is 0.600. The molecule has 0 atom stereocenters. The molecular weight excluding hydrogens is 296 g/mol. The second-order valence-corrected chi connectivity index (χ2v) is 6.05. The van der Waals surface area contributed by atoms with Crippen molar-refractivity contribution in [2.75, 3.05) is 12.3 Å². The highest BCUT2D eigenvalue weighted by Gasteiger charge is 2.11. The van der Waals surface area contributed by atoms with Gasteiger partial charge in [-0.05, 0) is 12.0 Å². The molecule has 0 saturated carbocycles. The summed E-state index contributed by atoms with van der Waals surface area (Å²) < 4.78 is 1.96. The van der Waals surface area contributed by atoms with Gasteiger partial charge in [0.15, 0.2) is 5.16 Å². The van der Waals surface area contributed by atoms with Crippen LogP contribution in [-0.4, -0.2) is 33.0 Å². The van der Waals surface area contributed by atoms with E-state index in [1.807, 2.05) is 29.8 Å². The molecule has 1 aromatic heterocycles. The topological polar surface area (TPSA) is 59.8 Å². The minimum absolute atomic E-state index is 0.0473. The molecule has 118 valence electrons. The van der Waals surface area contributed by atoms with E-state index in [4.69, 9.17) is 0 Å². The minimum Gasteiger partial charge on any atom is -0.355 e. The maximum atomic E-state index is 11.7. The highest BCUT2D eigenvalue weighted by Crippen LogP contribution is 2.17. The Hall–Kier alpha value is -1.82. The Morgan fingerprint density at radius 3 is 2.77 bits per heavy atom. The van der Waals surface area contributed by atoms with E-state index in [0.29, 0.717) is 5.75 Å². The number of nitrogens with one attached hydrogen (secondary N) is 1. The lowest BCUT2D eigenvalue weighted by Gasteiger charge is -2.05. The summed E-state index contributed by atoms with van der Waals surface area (Å²) in [6.07, 6.45) is 2.84. The Bertz CT molecular complexity index is 597. The van der Waals surface area contributed by atoms with Crippen molar-refractivity contribution in [3.05, 3.63) is 41.7 Å². The van der Waals surface area contributed by atoms with Crippen molar-refractivity contribution < 1.29 is 4.79 Å². The summed E-state index contributed by atoms with van der Waals surface area (Å²) in [5.41, 5.74) is 1.20. The molecule has 0 saturated heterocycles. The molecule has 22 heavy (non-hydrogen) atoms. The molecule has 1 amide bonds. The molecule has 5 nitrogen and oxygen atoms in total. The SMILES string of the molecule is CCCCNC(=O)CSc1nnc(Cc2ccccc2)n1C. The molecule has 0 fully saturated rings. The molecule has 0 bridgehead atoms. The number of unbranched alkanes of at least 4 members (excludes halogenated alkanes) is 1. The van der Waals surface area contributed by atoms with Gasteiger partial charge in [0.25, 0.3) is 0 Å². The molecule has 6 heteroatoms. The monoisotopic (exact) mass is 318 g/mol. The fourth-order valence-electron chi connectivity index (χ4n) is 1.99. The Morgan fingerprint density at radius 1 is 1.27 bits per heavy atom. The molecule has 1 heterocycles. The third-order valence-electron chi connectivity index (χ3n) is 3.32. The smallest absolute Gasteiger partial charge is 0.230 e. The average molecular weight is 318 g/mol. The van der Waals surface area contributed by atoms with Crippen molar-refractivity contribution in [3.8, 4) is 0 Å². The maximum absolute atomic E-state index is 11.7. The largest absolute Gasteiger partial charge is 0.355 e. The normalized spacial score (nSPS) is 10.6. The summed E-state index contributed by atoms with van der Waals surface area (Å²) in [5, 5.41) is 12.1. The first-order valence-corrected chi connectivity index (χ1v) is 8.51. The summed E-state index contributed by atoms with van der Waals surface area (Å²) in [6.45, 7) is 2.85. The van der Waals surface area contributed by atoms with Crippen LogP contribution < -0.4 is 5.32 Å². The van der Waals surface area contributed by atoms with Crippen LogP contribution in [0, 0.1) is 0 Å². The third kappa shape index (κ3) is 4.87. The van der Waals surface area contributed by atoms with E-state index in [-0.39, 0.29) is 5.91 Å². The molecule has 0 unspecified atom stereocenters. The molecule has 0 aliphatic carbocycles. The van der Waals surface area contributed by atoms with Gasteiger partial charge in [-0.3, -0.25) is 4.79 Å². The van der Waals surface area contributed by atoms with E-state index in [9.17, 15) is 4.79 Å². The number of carbonyl (C=O) groups excluding carboxylic acids is 1. The molecular formula is C16H22N4OS. The van der Waals surface area contributed by atoms with Crippen LogP contribution in [0.2, 0.25) is 0 Å². The summed E-state index contributed by atoms with van der Waals surface area (Å²) in [7, 11) is 1.94. The van der Waals surface area contributed by atoms with Gasteiger partial charge in [-0.1, -0.05) is 55.4 Å². The van der Waals surface area contributed by atoms with E-state index in [0.717, 1.165) is 36.8 Å². The van der Waals surface area contributed by atoms with Gasteiger partial charge in [0.2, 0.25) is 5.91 Å². The molecule has 1 aromatic carbocycles. The highest BCUT2D eigenvalue weighted by atomic mass is 32.2. The number of benzene rings is 1. The summed E-state index contributed by atoms with van der Waals surface area (Å²) >= 11 is 1.42. The van der Waals surface area contributed by atoms with E-state index < -0.39 is 0 Å². The second-order valence-electron chi connectivity index (χ2n) is 5.11. The van der Waals surface area contributed by atoms with Crippen LogP contribution in [0.4, 0.5) is 0 Å². The molecule has 0 aliphatic rings. The Kier molecular flexibility index (Phi) is 6.45. The van der Waals surface area contributed by atoms with Crippen molar-refractivity contribution >= 4 is 17.7 Å². The number of thioether (sulfide) groups is 1. The number of carbonyl (C=O) groups is 1. The Balaban J connectivity index is 1.87. The Morgan fingerprint density at radius 2 is 2.05 bits per heavy atom.